The van der Waals surface area contributed by atoms with Gasteiger partial charge in [0.05, 0.1) is 11.1 Å². The maximum Gasteiger partial charge on any atom is 0.310 e. The van der Waals surface area contributed by atoms with Crippen LogP contribution in [0.1, 0.15) is 37.4 Å². The average molecular weight is 300 g/mol. The molecule has 5 nitrogen and oxygen atoms in total. The molecule has 1 aromatic heterocycles. The fourth-order valence-corrected chi connectivity index (χ4v) is 3.37. The van der Waals surface area contributed by atoms with Crippen LogP contribution in [-0.4, -0.2) is 38.8 Å². The van der Waals surface area contributed by atoms with E-state index in [0.717, 1.165) is 30.6 Å². The maximum absolute atomic E-state index is 11.6. The quantitative estimate of drug-likeness (QED) is 0.907. The van der Waals surface area contributed by atoms with Gasteiger partial charge in [-0.05, 0) is 26.3 Å². The minimum absolute atomic E-state index is 0.586. The number of carboxylic acid groups (broad SMARTS) is 1. The van der Waals surface area contributed by atoms with Crippen LogP contribution in [0, 0.1) is 12.3 Å². The van der Waals surface area contributed by atoms with Crippen LogP contribution in [0.4, 0.5) is 0 Å². The van der Waals surface area contributed by atoms with Gasteiger partial charge in [0.2, 0.25) is 0 Å². The highest BCUT2D eigenvalue weighted by atomic mass is 35.5. The van der Waals surface area contributed by atoms with Gasteiger partial charge in [-0.2, -0.15) is 5.10 Å². The van der Waals surface area contributed by atoms with Crippen molar-refractivity contribution in [2.45, 2.75) is 39.7 Å². The lowest BCUT2D eigenvalue weighted by atomic mass is 9.83. The second-order valence-electron chi connectivity index (χ2n) is 5.77. The molecule has 0 amide bonds. The maximum atomic E-state index is 11.6. The molecule has 1 N–H and O–H groups in total. The second-order valence-corrected chi connectivity index (χ2v) is 6.13. The largest absolute Gasteiger partial charge is 0.481 e. The molecule has 0 spiro atoms. The van der Waals surface area contributed by atoms with Crippen molar-refractivity contribution < 1.29 is 9.90 Å². The van der Waals surface area contributed by atoms with Crippen molar-refractivity contribution >= 4 is 17.6 Å². The lowest BCUT2D eigenvalue weighted by Crippen LogP contribution is -2.34. The first-order chi connectivity index (χ1) is 9.39. The third-order valence-corrected chi connectivity index (χ3v) is 4.74. The van der Waals surface area contributed by atoms with Gasteiger partial charge in [0.25, 0.3) is 0 Å². The Morgan fingerprint density at radius 1 is 1.55 bits per heavy atom. The van der Waals surface area contributed by atoms with E-state index in [2.05, 4.69) is 10.00 Å². The van der Waals surface area contributed by atoms with Gasteiger partial charge in [0.15, 0.2) is 0 Å². The Morgan fingerprint density at radius 3 is 2.75 bits per heavy atom. The van der Waals surface area contributed by atoms with Crippen molar-refractivity contribution in [2.75, 3.05) is 13.1 Å². The minimum atomic E-state index is -0.671. The van der Waals surface area contributed by atoms with E-state index < -0.39 is 11.4 Å². The topological polar surface area (TPSA) is 58.4 Å². The summed E-state index contributed by atoms with van der Waals surface area (Å²) >= 11 is 6.24. The van der Waals surface area contributed by atoms with Crippen LogP contribution in [0.5, 0.6) is 0 Å². The summed E-state index contributed by atoms with van der Waals surface area (Å²) in [7, 11) is 1.82. The first-order valence-corrected chi connectivity index (χ1v) is 7.41. The summed E-state index contributed by atoms with van der Waals surface area (Å²) in [5.41, 5.74) is 1.34. The highest BCUT2D eigenvalue weighted by Crippen LogP contribution is 2.36. The third kappa shape index (κ3) is 2.69. The van der Waals surface area contributed by atoms with Crippen molar-refractivity contribution in [1.29, 1.82) is 0 Å². The summed E-state index contributed by atoms with van der Waals surface area (Å²) in [4.78, 5) is 13.8. The van der Waals surface area contributed by atoms with Crippen LogP contribution in [0.3, 0.4) is 0 Å². The Labute approximate surface area is 124 Å². The van der Waals surface area contributed by atoms with Crippen molar-refractivity contribution in [2.24, 2.45) is 12.5 Å². The Bertz CT molecular complexity index is 515. The standard InChI is InChI=1S/C14H22ClN3O2/c1-4-5-14(13(19)20)6-7-18(9-14)8-11-10(2)16-17(3)12(11)15/h4-9H2,1-3H3,(H,19,20). The van der Waals surface area contributed by atoms with Crippen molar-refractivity contribution in [1.82, 2.24) is 14.7 Å². The summed E-state index contributed by atoms with van der Waals surface area (Å²) in [5.74, 6) is -0.671. The van der Waals surface area contributed by atoms with E-state index in [-0.39, 0.29) is 0 Å². The minimum Gasteiger partial charge on any atom is -0.481 e. The zero-order chi connectivity index (χ0) is 14.9. The van der Waals surface area contributed by atoms with E-state index in [4.69, 9.17) is 11.6 Å². The number of aliphatic carboxylic acids is 1. The van der Waals surface area contributed by atoms with E-state index >= 15 is 0 Å². The predicted molar refractivity (Wildman–Crippen MR) is 77.8 cm³/mol. The fourth-order valence-electron chi connectivity index (χ4n) is 3.13. The number of hydrogen-bond acceptors (Lipinski definition) is 3. The average Bonchev–Trinajstić information content (AvgIpc) is 2.89. The Hall–Kier alpha value is -1.07. The van der Waals surface area contributed by atoms with E-state index in [1.807, 2.05) is 20.9 Å². The number of hydrogen-bond donors (Lipinski definition) is 1. The van der Waals surface area contributed by atoms with Crippen molar-refractivity contribution in [3.63, 3.8) is 0 Å². The molecule has 1 aliphatic rings. The van der Waals surface area contributed by atoms with Gasteiger partial charge in [-0.15, -0.1) is 0 Å². The molecule has 1 fully saturated rings. The first kappa shape index (κ1) is 15.3. The molecule has 0 aromatic carbocycles. The summed E-state index contributed by atoms with van der Waals surface area (Å²) in [6.45, 7) is 6.05. The second kappa shape index (κ2) is 5.74. The summed E-state index contributed by atoms with van der Waals surface area (Å²) in [5, 5.41) is 14.5. The number of aromatic nitrogens is 2. The molecule has 6 heteroatoms. The van der Waals surface area contributed by atoms with Gasteiger partial charge in [0, 0.05) is 25.7 Å². The summed E-state index contributed by atoms with van der Waals surface area (Å²) in [6, 6.07) is 0. The van der Waals surface area contributed by atoms with Crippen LogP contribution >= 0.6 is 11.6 Å². The molecule has 0 radical (unpaired) electrons. The van der Waals surface area contributed by atoms with E-state index in [0.29, 0.717) is 24.7 Å². The van der Waals surface area contributed by atoms with Crippen LogP contribution in [-0.2, 0) is 18.4 Å². The fraction of sp³-hybridized carbons (Fsp3) is 0.714. The number of rotatable bonds is 5. The van der Waals surface area contributed by atoms with E-state index in [9.17, 15) is 9.90 Å². The molecule has 0 saturated carbocycles. The van der Waals surface area contributed by atoms with Gasteiger partial charge in [-0.25, -0.2) is 0 Å². The highest BCUT2D eigenvalue weighted by Gasteiger charge is 2.44. The van der Waals surface area contributed by atoms with E-state index in [1.54, 1.807) is 4.68 Å². The zero-order valence-corrected chi connectivity index (χ0v) is 13.1. The van der Waals surface area contributed by atoms with Crippen LogP contribution in [0.2, 0.25) is 5.15 Å². The molecule has 1 unspecified atom stereocenters. The van der Waals surface area contributed by atoms with Gasteiger partial charge in [0.1, 0.15) is 5.15 Å². The Balaban J connectivity index is 2.11. The molecule has 1 saturated heterocycles. The summed E-state index contributed by atoms with van der Waals surface area (Å²) in [6.07, 6.45) is 2.35. The zero-order valence-electron chi connectivity index (χ0n) is 12.3. The monoisotopic (exact) mass is 299 g/mol. The molecular formula is C14H22ClN3O2. The molecule has 0 bridgehead atoms. The van der Waals surface area contributed by atoms with Crippen LogP contribution in [0.15, 0.2) is 0 Å². The highest BCUT2D eigenvalue weighted by molar-refractivity contribution is 6.30. The smallest absolute Gasteiger partial charge is 0.310 e. The number of carboxylic acids is 1. The number of likely N-dealkylation sites (tertiary alicyclic amines) is 1. The lowest BCUT2D eigenvalue weighted by molar-refractivity contribution is -0.148. The van der Waals surface area contributed by atoms with Gasteiger partial charge < -0.3 is 5.11 Å². The van der Waals surface area contributed by atoms with Crippen molar-refractivity contribution in [3.8, 4) is 0 Å². The number of aryl methyl sites for hydroxylation is 2. The Morgan fingerprint density at radius 2 is 2.25 bits per heavy atom. The molecule has 2 heterocycles. The number of carbonyl (C=O) groups is 1. The SMILES string of the molecule is CCCC1(C(=O)O)CCN(Cc2c(C)nn(C)c2Cl)C1. The number of halogens is 1. The van der Waals surface area contributed by atoms with Gasteiger partial charge >= 0.3 is 5.97 Å². The molecule has 20 heavy (non-hydrogen) atoms. The van der Waals surface area contributed by atoms with Crippen LogP contribution in [0.25, 0.3) is 0 Å². The predicted octanol–water partition coefficient (Wildman–Crippen LogP) is 2.46. The molecule has 1 atom stereocenters. The normalized spacial score (nSPS) is 23.4. The summed E-state index contributed by atoms with van der Waals surface area (Å²) < 4.78 is 1.67. The first-order valence-electron chi connectivity index (χ1n) is 7.03. The van der Waals surface area contributed by atoms with Gasteiger partial charge in [-0.1, -0.05) is 24.9 Å². The molecule has 0 aliphatic carbocycles. The van der Waals surface area contributed by atoms with Gasteiger partial charge in [-0.3, -0.25) is 14.4 Å². The molecule has 2 rings (SSSR count). The molecule has 1 aromatic rings. The van der Waals surface area contributed by atoms with Crippen LogP contribution < -0.4 is 0 Å². The molecular weight excluding hydrogens is 278 g/mol. The van der Waals surface area contributed by atoms with Crippen molar-refractivity contribution in [3.05, 3.63) is 16.4 Å². The van der Waals surface area contributed by atoms with E-state index in [1.165, 1.54) is 0 Å². The number of nitrogens with zero attached hydrogens (tertiary/aromatic N) is 3. The third-order valence-electron chi connectivity index (χ3n) is 4.27. The molecule has 1 aliphatic heterocycles. The molecule has 112 valence electrons. The Kier molecular flexibility index (Phi) is 4.39. The lowest BCUT2D eigenvalue weighted by Gasteiger charge is -2.24.